The first kappa shape index (κ1) is 8.76. The van der Waals surface area contributed by atoms with Crippen molar-refractivity contribution in [2.24, 2.45) is 0 Å². The summed E-state index contributed by atoms with van der Waals surface area (Å²) < 4.78 is 0. The highest BCUT2D eigenvalue weighted by Crippen LogP contribution is 2.20. The van der Waals surface area contributed by atoms with Gasteiger partial charge in [-0.2, -0.15) is 0 Å². The number of hydrogen-bond donors (Lipinski definition) is 0. The smallest absolute Gasteiger partial charge is 0.0178 e. The Morgan fingerprint density at radius 3 is 2.21 bits per heavy atom. The maximum absolute atomic E-state index is 5.47. The van der Waals surface area contributed by atoms with E-state index in [4.69, 9.17) is 6.58 Å². The Morgan fingerprint density at radius 1 is 0.786 bits per heavy atom. The van der Waals surface area contributed by atoms with Crippen LogP contribution in [0.15, 0.2) is 54.6 Å². The zero-order valence-corrected chi connectivity index (χ0v) is 7.85. The fraction of sp³-hybridized carbons (Fsp3) is 0. The summed E-state index contributed by atoms with van der Waals surface area (Å²) in [4.78, 5) is 0. The molecule has 0 aliphatic heterocycles. The third-order valence-corrected chi connectivity index (χ3v) is 2.19. The van der Waals surface area contributed by atoms with Gasteiger partial charge in [0.15, 0.2) is 0 Å². The fourth-order valence-electron chi connectivity index (χ4n) is 1.45. The standard InChI is InChI=1S/C14H11/c1-2-12-7-6-10-14(11-12)13-8-4-3-5-9-13/h1-11H. The van der Waals surface area contributed by atoms with E-state index >= 15 is 0 Å². The van der Waals surface area contributed by atoms with Crippen molar-refractivity contribution in [2.45, 2.75) is 0 Å². The first-order chi connectivity index (χ1) is 6.90. The Balaban J connectivity index is 2.47. The van der Waals surface area contributed by atoms with E-state index in [2.05, 4.69) is 24.3 Å². The Labute approximate surface area is 84.5 Å². The highest BCUT2D eigenvalue weighted by molar-refractivity contribution is 5.66. The summed E-state index contributed by atoms with van der Waals surface area (Å²) >= 11 is 0. The number of benzene rings is 2. The van der Waals surface area contributed by atoms with Crippen molar-refractivity contribution in [2.75, 3.05) is 0 Å². The van der Waals surface area contributed by atoms with Gasteiger partial charge < -0.3 is 0 Å². The van der Waals surface area contributed by atoms with E-state index in [1.807, 2.05) is 30.3 Å². The quantitative estimate of drug-likeness (QED) is 0.657. The van der Waals surface area contributed by atoms with Crippen LogP contribution >= 0.6 is 0 Å². The second-order valence-corrected chi connectivity index (χ2v) is 3.16. The van der Waals surface area contributed by atoms with Gasteiger partial charge in [0.2, 0.25) is 0 Å². The summed E-state index contributed by atoms with van der Waals surface area (Å²) in [6, 6.07) is 18.4. The van der Waals surface area contributed by atoms with Crippen molar-refractivity contribution < 1.29 is 0 Å². The zero-order valence-electron chi connectivity index (χ0n) is 7.85. The highest BCUT2D eigenvalue weighted by Gasteiger charge is 1.95. The van der Waals surface area contributed by atoms with Crippen molar-refractivity contribution in [3.8, 4) is 11.1 Å². The fourth-order valence-corrected chi connectivity index (χ4v) is 1.45. The molecule has 14 heavy (non-hydrogen) atoms. The molecule has 2 aromatic rings. The van der Waals surface area contributed by atoms with Crippen LogP contribution in [-0.2, 0) is 0 Å². The second kappa shape index (κ2) is 3.93. The molecule has 0 atom stereocenters. The molecule has 0 aliphatic carbocycles. The lowest BCUT2D eigenvalue weighted by Crippen LogP contribution is -1.77. The molecule has 0 N–H and O–H groups in total. The van der Waals surface area contributed by atoms with Crippen LogP contribution in [0.4, 0.5) is 0 Å². The minimum Gasteiger partial charge on any atom is -0.0622 e. The minimum absolute atomic E-state index is 1.05. The van der Waals surface area contributed by atoms with Gasteiger partial charge in [-0.1, -0.05) is 61.2 Å². The molecule has 1 radical (unpaired) electrons. The summed E-state index contributed by atoms with van der Waals surface area (Å²) in [5, 5.41) is 0. The van der Waals surface area contributed by atoms with Gasteiger partial charge in [-0.25, -0.2) is 0 Å². The van der Waals surface area contributed by atoms with Gasteiger partial charge >= 0.3 is 0 Å². The first-order valence-corrected chi connectivity index (χ1v) is 4.60. The monoisotopic (exact) mass is 179 g/mol. The average Bonchev–Trinajstić information content (AvgIpc) is 2.30. The van der Waals surface area contributed by atoms with Gasteiger partial charge in [-0.3, -0.25) is 0 Å². The third kappa shape index (κ3) is 1.74. The summed E-state index contributed by atoms with van der Waals surface area (Å²) in [6.45, 7) is 5.47. The molecule has 2 aromatic carbocycles. The molecule has 67 valence electrons. The lowest BCUT2D eigenvalue weighted by Gasteiger charge is -2.01. The van der Waals surface area contributed by atoms with Gasteiger partial charge in [0.25, 0.3) is 0 Å². The minimum atomic E-state index is 1.05. The molecule has 0 unspecified atom stereocenters. The van der Waals surface area contributed by atoms with E-state index in [-0.39, 0.29) is 0 Å². The van der Waals surface area contributed by atoms with Crippen LogP contribution in [0, 0.1) is 6.58 Å². The van der Waals surface area contributed by atoms with Crippen LogP contribution in [0.2, 0.25) is 0 Å². The van der Waals surface area contributed by atoms with Gasteiger partial charge in [-0.15, -0.1) is 0 Å². The molecular weight excluding hydrogens is 168 g/mol. The first-order valence-electron chi connectivity index (χ1n) is 4.60. The van der Waals surface area contributed by atoms with E-state index in [0.29, 0.717) is 0 Å². The molecule has 0 heterocycles. The van der Waals surface area contributed by atoms with E-state index in [1.165, 1.54) is 11.1 Å². The SMILES string of the molecule is [CH]=Cc1cccc(-c2ccccc2)c1. The highest BCUT2D eigenvalue weighted by atomic mass is 14.0. The summed E-state index contributed by atoms with van der Waals surface area (Å²) in [7, 11) is 0. The van der Waals surface area contributed by atoms with Crippen molar-refractivity contribution in [3.05, 3.63) is 66.7 Å². The molecule has 2 rings (SSSR count). The number of rotatable bonds is 2. The molecule has 0 nitrogen and oxygen atoms in total. The molecule has 0 amide bonds. The molecule has 0 aromatic heterocycles. The Bertz CT molecular complexity index is 427. The topological polar surface area (TPSA) is 0 Å². The molecule has 0 saturated carbocycles. The Morgan fingerprint density at radius 2 is 1.50 bits per heavy atom. The van der Waals surface area contributed by atoms with Crippen molar-refractivity contribution in [1.82, 2.24) is 0 Å². The normalized spacial score (nSPS) is 9.71. The summed E-state index contributed by atoms with van der Waals surface area (Å²) in [5.41, 5.74) is 3.47. The van der Waals surface area contributed by atoms with E-state index < -0.39 is 0 Å². The zero-order chi connectivity index (χ0) is 9.80. The van der Waals surface area contributed by atoms with Crippen LogP contribution in [-0.4, -0.2) is 0 Å². The van der Waals surface area contributed by atoms with Crippen LogP contribution in [0.3, 0.4) is 0 Å². The Kier molecular flexibility index (Phi) is 2.46. The van der Waals surface area contributed by atoms with Crippen LogP contribution < -0.4 is 0 Å². The van der Waals surface area contributed by atoms with Gasteiger partial charge in [0.05, 0.1) is 0 Å². The predicted octanol–water partition coefficient (Wildman–Crippen LogP) is 3.80. The van der Waals surface area contributed by atoms with Crippen LogP contribution in [0.1, 0.15) is 5.56 Å². The van der Waals surface area contributed by atoms with Gasteiger partial charge in [0, 0.05) is 0 Å². The van der Waals surface area contributed by atoms with E-state index in [9.17, 15) is 0 Å². The largest absolute Gasteiger partial charge is 0.0622 e. The summed E-state index contributed by atoms with van der Waals surface area (Å²) in [6.07, 6.45) is 1.62. The molecule has 0 saturated heterocycles. The van der Waals surface area contributed by atoms with Crippen LogP contribution in [0.25, 0.3) is 17.2 Å². The van der Waals surface area contributed by atoms with E-state index in [0.717, 1.165) is 5.56 Å². The van der Waals surface area contributed by atoms with Gasteiger partial charge in [-0.05, 0) is 22.8 Å². The average molecular weight is 179 g/mol. The van der Waals surface area contributed by atoms with Crippen molar-refractivity contribution >= 4 is 6.08 Å². The number of hydrogen-bond acceptors (Lipinski definition) is 0. The van der Waals surface area contributed by atoms with Gasteiger partial charge in [0.1, 0.15) is 0 Å². The molecule has 0 aliphatic rings. The second-order valence-electron chi connectivity index (χ2n) is 3.16. The third-order valence-electron chi connectivity index (χ3n) is 2.19. The maximum Gasteiger partial charge on any atom is -0.0178 e. The van der Waals surface area contributed by atoms with Crippen molar-refractivity contribution in [1.29, 1.82) is 0 Å². The van der Waals surface area contributed by atoms with Crippen molar-refractivity contribution in [3.63, 3.8) is 0 Å². The lowest BCUT2D eigenvalue weighted by molar-refractivity contribution is 1.60. The molecule has 0 bridgehead atoms. The molecular formula is C14H11. The van der Waals surface area contributed by atoms with E-state index in [1.54, 1.807) is 6.08 Å². The molecule has 0 spiro atoms. The lowest BCUT2D eigenvalue weighted by atomic mass is 10.0. The predicted molar refractivity (Wildman–Crippen MR) is 60.6 cm³/mol. The Hall–Kier alpha value is -1.82. The maximum atomic E-state index is 5.47. The molecule has 0 heteroatoms. The van der Waals surface area contributed by atoms with Crippen LogP contribution in [0.5, 0.6) is 0 Å². The summed E-state index contributed by atoms with van der Waals surface area (Å²) in [5.74, 6) is 0. The molecule has 0 fully saturated rings.